The molecule has 3 heteroatoms. The summed E-state index contributed by atoms with van der Waals surface area (Å²) in [7, 11) is 5.78. The zero-order valence-corrected chi connectivity index (χ0v) is 16.2. The molecule has 0 amide bonds. The van der Waals surface area contributed by atoms with E-state index in [1.807, 2.05) is 26.2 Å². The fourth-order valence-corrected chi connectivity index (χ4v) is 3.51. The van der Waals surface area contributed by atoms with Crippen molar-refractivity contribution in [1.82, 2.24) is 4.90 Å². The summed E-state index contributed by atoms with van der Waals surface area (Å²) in [5.41, 5.74) is 6.40. The second-order valence-corrected chi connectivity index (χ2v) is 6.77. The molecule has 0 radical (unpaired) electrons. The van der Waals surface area contributed by atoms with Gasteiger partial charge in [-0.1, -0.05) is 26.0 Å². The van der Waals surface area contributed by atoms with Crippen LogP contribution in [0.2, 0.25) is 0 Å². The van der Waals surface area contributed by atoms with Crippen molar-refractivity contribution in [3.63, 3.8) is 0 Å². The normalized spacial score (nSPS) is 15.6. The summed E-state index contributed by atoms with van der Waals surface area (Å²) in [6.07, 6.45) is 8.27. The topological polar surface area (TPSA) is 32.7 Å². The monoisotopic (exact) mass is 341 g/mol. The zero-order valence-electron chi connectivity index (χ0n) is 16.2. The standard InChI is InChI=1S/C22H31NO2/c1-6-20(16-8-11-19(25-5)12-9-16)21(7-2)17-10-13-22(24)18(14-17)15-23(3)4/h8,10-11,13-14,24H,6-7,9,12,15H2,1-5H3/b21-20+. The quantitative estimate of drug-likeness (QED) is 0.732. The summed E-state index contributed by atoms with van der Waals surface area (Å²) in [6.45, 7) is 5.17. The van der Waals surface area contributed by atoms with Crippen molar-refractivity contribution >= 4 is 5.57 Å². The molecule has 0 atom stereocenters. The summed E-state index contributed by atoms with van der Waals surface area (Å²) >= 11 is 0. The third-order valence-electron chi connectivity index (χ3n) is 4.75. The number of benzene rings is 1. The molecule has 3 nitrogen and oxygen atoms in total. The molecule has 0 aromatic heterocycles. The van der Waals surface area contributed by atoms with Gasteiger partial charge in [0.25, 0.3) is 0 Å². The first-order chi connectivity index (χ1) is 12.0. The Labute approximate surface area is 152 Å². The van der Waals surface area contributed by atoms with Crippen LogP contribution in [0, 0.1) is 0 Å². The first-order valence-corrected chi connectivity index (χ1v) is 9.13. The molecule has 1 aliphatic rings. The fraction of sp³-hybridized carbons (Fsp3) is 0.455. The zero-order chi connectivity index (χ0) is 18.4. The highest BCUT2D eigenvalue weighted by atomic mass is 16.5. The lowest BCUT2D eigenvalue weighted by atomic mass is 9.87. The lowest BCUT2D eigenvalue weighted by Gasteiger charge is -2.21. The number of rotatable bonds is 7. The molecule has 0 unspecified atom stereocenters. The first kappa shape index (κ1) is 19.3. The number of hydrogen-bond acceptors (Lipinski definition) is 3. The highest BCUT2D eigenvalue weighted by Gasteiger charge is 2.15. The summed E-state index contributed by atoms with van der Waals surface area (Å²) in [5, 5.41) is 10.2. The van der Waals surface area contributed by atoms with Gasteiger partial charge in [0.1, 0.15) is 5.75 Å². The molecule has 0 heterocycles. The van der Waals surface area contributed by atoms with E-state index in [0.717, 1.165) is 43.6 Å². The molecular formula is C22H31NO2. The average Bonchev–Trinajstić information content (AvgIpc) is 2.61. The smallest absolute Gasteiger partial charge is 0.120 e. The van der Waals surface area contributed by atoms with Gasteiger partial charge in [0, 0.05) is 18.5 Å². The first-order valence-electron chi connectivity index (χ1n) is 9.13. The Balaban J connectivity index is 2.47. The van der Waals surface area contributed by atoms with E-state index in [2.05, 4.69) is 37.0 Å². The molecule has 0 spiro atoms. The number of nitrogens with zero attached hydrogens (tertiary/aromatic N) is 1. The molecule has 1 aromatic carbocycles. The van der Waals surface area contributed by atoms with Crippen LogP contribution in [0.1, 0.15) is 50.7 Å². The summed E-state index contributed by atoms with van der Waals surface area (Å²) in [6, 6.07) is 6.02. The number of hydrogen-bond donors (Lipinski definition) is 1. The van der Waals surface area contributed by atoms with Crippen LogP contribution in [-0.2, 0) is 11.3 Å². The van der Waals surface area contributed by atoms with Crippen molar-refractivity contribution in [2.75, 3.05) is 21.2 Å². The van der Waals surface area contributed by atoms with Crippen molar-refractivity contribution in [3.8, 4) is 5.75 Å². The maximum absolute atomic E-state index is 10.2. The Morgan fingerprint density at radius 1 is 1.08 bits per heavy atom. The third kappa shape index (κ3) is 4.76. The number of phenolic OH excluding ortho intramolecular Hbond substituents is 1. The lowest BCUT2D eigenvalue weighted by molar-refractivity contribution is 0.276. The van der Waals surface area contributed by atoms with E-state index in [-0.39, 0.29) is 0 Å². The number of ether oxygens (including phenoxy) is 1. The molecular weight excluding hydrogens is 310 g/mol. The summed E-state index contributed by atoms with van der Waals surface area (Å²) in [4.78, 5) is 2.08. The van der Waals surface area contributed by atoms with Crippen LogP contribution < -0.4 is 0 Å². The molecule has 136 valence electrons. The molecule has 0 saturated carbocycles. The van der Waals surface area contributed by atoms with Gasteiger partial charge in [0.2, 0.25) is 0 Å². The highest BCUT2D eigenvalue weighted by molar-refractivity contribution is 5.73. The van der Waals surface area contributed by atoms with Crippen LogP contribution in [0.25, 0.3) is 5.57 Å². The lowest BCUT2D eigenvalue weighted by Crippen LogP contribution is -2.11. The van der Waals surface area contributed by atoms with Gasteiger partial charge >= 0.3 is 0 Å². The van der Waals surface area contributed by atoms with Gasteiger partial charge in [-0.25, -0.2) is 0 Å². The minimum absolute atomic E-state index is 0.371. The van der Waals surface area contributed by atoms with Crippen LogP contribution in [0.4, 0.5) is 0 Å². The molecule has 1 aromatic rings. The van der Waals surface area contributed by atoms with E-state index in [9.17, 15) is 5.11 Å². The number of methoxy groups -OCH3 is 1. The molecule has 0 aliphatic heterocycles. The van der Waals surface area contributed by atoms with E-state index in [0.29, 0.717) is 5.75 Å². The Morgan fingerprint density at radius 2 is 1.80 bits per heavy atom. The second-order valence-electron chi connectivity index (χ2n) is 6.77. The Morgan fingerprint density at radius 3 is 2.32 bits per heavy atom. The van der Waals surface area contributed by atoms with Gasteiger partial charge in [0.05, 0.1) is 12.9 Å². The van der Waals surface area contributed by atoms with Crippen molar-refractivity contribution in [2.24, 2.45) is 0 Å². The van der Waals surface area contributed by atoms with Crippen LogP contribution in [0.3, 0.4) is 0 Å². The Hall–Kier alpha value is -2.00. The predicted octanol–water partition coefficient (Wildman–Crippen LogP) is 5.28. The maximum Gasteiger partial charge on any atom is 0.120 e. The van der Waals surface area contributed by atoms with Crippen LogP contribution in [0.5, 0.6) is 5.75 Å². The summed E-state index contributed by atoms with van der Waals surface area (Å²) in [5.74, 6) is 1.42. The Bertz CT molecular complexity index is 696. The molecule has 0 fully saturated rings. The van der Waals surface area contributed by atoms with Gasteiger partial charge in [-0.15, -0.1) is 0 Å². The number of allylic oxidation sites excluding steroid dienone is 6. The number of aromatic hydroxyl groups is 1. The van der Waals surface area contributed by atoms with Gasteiger partial charge < -0.3 is 14.7 Å². The van der Waals surface area contributed by atoms with E-state index in [1.54, 1.807) is 7.11 Å². The molecule has 25 heavy (non-hydrogen) atoms. The Kier molecular flexibility index (Phi) is 6.89. The third-order valence-corrected chi connectivity index (χ3v) is 4.75. The minimum atomic E-state index is 0.371. The van der Waals surface area contributed by atoms with E-state index in [4.69, 9.17) is 4.74 Å². The highest BCUT2D eigenvalue weighted by Crippen LogP contribution is 2.35. The van der Waals surface area contributed by atoms with Gasteiger partial charge in [-0.2, -0.15) is 0 Å². The molecule has 1 N–H and O–H groups in total. The van der Waals surface area contributed by atoms with Crippen molar-refractivity contribution in [1.29, 1.82) is 0 Å². The van der Waals surface area contributed by atoms with Gasteiger partial charge in [-0.3, -0.25) is 0 Å². The largest absolute Gasteiger partial charge is 0.508 e. The second kappa shape index (κ2) is 8.91. The number of phenols is 1. The van der Waals surface area contributed by atoms with Crippen molar-refractivity contribution in [2.45, 2.75) is 46.1 Å². The van der Waals surface area contributed by atoms with E-state index < -0.39 is 0 Å². The minimum Gasteiger partial charge on any atom is -0.508 e. The van der Waals surface area contributed by atoms with E-state index in [1.165, 1.54) is 22.3 Å². The van der Waals surface area contributed by atoms with Crippen LogP contribution in [0.15, 0.2) is 47.3 Å². The van der Waals surface area contributed by atoms with E-state index >= 15 is 0 Å². The molecule has 0 saturated heterocycles. The summed E-state index contributed by atoms with van der Waals surface area (Å²) < 4.78 is 5.36. The SMILES string of the molecule is CC/C(C1=CC=C(OC)CC1)=C(/CC)c1ccc(O)c(CN(C)C)c1. The molecule has 0 bridgehead atoms. The van der Waals surface area contributed by atoms with Crippen molar-refractivity contribution in [3.05, 3.63) is 58.4 Å². The maximum atomic E-state index is 10.2. The molecule has 1 aliphatic carbocycles. The predicted molar refractivity (Wildman–Crippen MR) is 105 cm³/mol. The fourth-order valence-electron chi connectivity index (χ4n) is 3.51. The van der Waals surface area contributed by atoms with Gasteiger partial charge in [0.15, 0.2) is 0 Å². The average molecular weight is 341 g/mol. The van der Waals surface area contributed by atoms with Crippen molar-refractivity contribution < 1.29 is 9.84 Å². The van der Waals surface area contributed by atoms with Crippen LogP contribution in [-0.4, -0.2) is 31.2 Å². The van der Waals surface area contributed by atoms with Gasteiger partial charge in [-0.05, 0) is 73.8 Å². The molecule has 2 rings (SSSR count). The van der Waals surface area contributed by atoms with Crippen LogP contribution >= 0.6 is 0 Å².